The molecule has 3 aromatic carbocycles. The largest absolute Gasteiger partial charge is 0.350 e. The Balaban J connectivity index is 1.56. The van der Waals surface area contributed by atoms with E-state index in [9.17, 15) is 18.8 Å². The van der Waals surface area contributed by atoms with Crippen LogP contribution in [0.25, 0.3) is 0 Å². The number of carbonyl (C=O) groups is 3. The molecule has 1 heterocycles. The van der Waals surface area contributed by atoms with E-state index in [4.69, 9.17) is 23.2 Å². The molecule has 6 nitrogen and oxygen atoms in total. The summed E-state index contributed by atoms with van der Waals surface area (Å²) in [7, 11) is 0. The van der Waals surface area contributed by atoms with E-state index in [1.54, 1.807) is 43.3 Å². The molecule has 33 heavy (non-hydrogen) atoms. The van der Waals surface area contributed by atoms with Crippen LogP contribution in [0.2, 0.25) is 5.02 Å². The van der Waals surface area contributed by atoms with Crippen LogP contribution in [0.15, 0.2) is 77.5 Å². The number of imide groups is 1. The molecule has 166 valence electrons. The van der Waals surface area contributed by atoms with Crippen LogP contribution in [0.1, 0.15) is 15.9 Å². The number of rotatable bonds is 5. The molecule has 0 aliphatic carbocycles. The summed E-state index contributed by atoms with van der Waals surface area (Å²) in [5.74, 6) is -2.17. The van der Waals surface area contributed by atoms with Gasteiger partial charge in [-0.3, -0.25) is 14.4 Å². The molecule has 9 heteroatoms. The van der Waals surface area contributed by atoms with Gasteiger partial charge in [0.1, 0.15) is 16.5 Å². The Labute approximate surface area is 198 Å². The Morgan fingerprint density at radius 3 is 2.33 bits per heavy atom. The number of halogens is 3. The third kappa shape index (κ3) is 4.46. The van der Waals surface area contributed by atoms with E-state index in [-0.39, 0.29) is 16.3 Å². The molecular weight excluding hydrogens is 468 g/mol. The summed E-state index contributed by atoms with van der Waals surface area (Å²) >= 11 is 12.3. The molecule has 1 aliphatic rings. The van der Waals surface area contributed by atoms with Crippen LogP contribution in [-0.2, 0) is 9.59 Å². The maximum atomic E-state index is 13.1. The topological polar surface area (TPSA) is 78.5 Å². The molecule has 0 saturated heterocycles. The van der Waals surface area contributed by atoms with Crippen molar-refractivity contribution in [2.75, 3.05) is 15.5 Å². The van der Waals surface area contributed by atoms with Crippen LogP contribution in [0.5, 0.6) is 0 Å². The highest BCUT2D eigenvalue weighted by Crippen LogP contribution is 2.34. The minimum absolute atomic E-state index is 0.114. The highest BCUT2D eigenvalue weighted by Gasteiger charge is 2.39. The summed E-state index contributed by atoms with van der Waals surface area (Å²) in [6.45, 7) is 1.70. The molecule has 0 saturated carbocycles. The van der Waals surface area contributed by atoms with Gasteiger partial charge in [-0.05, 0) is 67.1 Å². The summed E-state index contributed by atoms with van der Waals surface area (Å²) in [6, 6.07) is 16.5. The van der Waals surface area contributed by atoms with Gasteiger partial charge < -0.3 is 10.6 Å². The lowest BCUT2D eigenvalue weighted by atomic mass is 10.1. The third-order valence-electron chi connectivity index (χ3n) is 5.00. The van der Waals surface area contributed by atoms with Gasteiger partial charge in [-0.2, -0.15) is 0 Å². The van der Waals surface area contributed by atoms with Crippen molar-refractivity contribution in [2.24, 2.45) is 0 Å². The Kier molecular flexibility index (Phi) is 6.18. The lowest BCUT2D eigenvalue weighted by Crippen LogP contribution is -2.32. The first-order valence-electron chi connectivity index (χ1n) is 9.74. The molecule has 0 bridgehead atoms. The Morgan fingerprint density at radius 1 is 0.909 bits per heavy atom. The average Bonchev–Trinajstić information content (AvgIpc) is 3.00. The van der Waals surface area contributed by atoms with Crippen LogP contribution in [0.3, 0.4) is 0 Å². The number of hydrogen-bond donors (Lipinski definition) is 2. The van der Waals surface area contributed by atoms with Crippen molar-refractivity contribution in [1.82, 2.24) is 0 Å². The molecule has 0 fully saturated rings. The lowest BCUT2D eigenvalue weighted by Gasteiger charge is -2.18. The highest BCUT2D eigenvalue weighted by molar-refractivity contribution is 6.53. The molecular formula is C24H16Cl2FN3O3. The van der Waals surface area contributed by atoms with Crippen molar-refractivity contribution in [3.63, 3.8) is 0 Å². The predicted molar refractivity (Wildman–Crippen MR) is 126 cm³/mol. The summed E-state index contributed by atoms with van der Waals surface area (Å²) in [6.07, 6.45) is 0. The smallest absolute Gasteiger partial charge is 0.283 e. The normalized spacial score (nSPS) is 13.5. The molecule has 0 unspecified atom stereocenters. The Hall–Kier alpha value is -3.68. The van der Waals surface area contributed by atoms with E-state index in [2.05, 4.69) is 10.6 Å². The lowest BCUT2D eigenvalue weighted by molar-refractivity contribution is -0.120. The number of nitrogens with zero attached hydrogens (tertiary/aromatic N) is 1. The Bertz CT molecular complexity index is 1320. The van der Waals surface area contributed by atoms with Gasteiger partial charge in [0.15, 0.2) is 0 Å². The van der Waals surface area contributed by atoms with Crippen LogP contribution >= 0.6 is 23.2 Å². The number of hydrogen-bond acceptors (Lipinski definition) is 4. The standard InChI is InChI=1S/C24H16Cl2FN3O3/c1-13-18(25)6-3-7-19(13)30-23(32)20(26)21(24(30)33)28-17-5-2-4-14(12-17)22(31)29-16-10-8-15(27)9-11-16/h2-12,28H,1H3,(H,29,31). The number of carbonyl (C=O) groups excluding carboxylic acids is 3. The number of benzene rings is 3. The van der Waals surface area contributed by atoms with Crippen molar-refractivity contribution in [3.8, 4) is 0 Å². The summed E-state index contributed by atoms with van der Waals surface area (Å²) in [5, 5.41) is 5.63. The van der Waals surface area contributed by atoms with Gasteiger partial charge in [-0.15, -0.1) is 0 Å². The molecule has 4 rings (SSSR count). The minimum Gasteiger partial charge on any atom is -0.350 e. The minimum atomic E-state index is -0.681. The van der Waals surface area contributed by atoms with E-state index in [1.165, 1.54) is 30.3 Å². The second kappa shape index (κ2) is 9.05. The number of anilines is 3. The fourth-order valence-corrected chi connectivity index (χ4v) is 3.67. The van der Waals surface area contributed by atoms with Crippen molar-refractivity contribution in [1.29, 1.82) is 0 Å². The van der Waals surface area contributed by atoms with Crippen LogP contribution in [0.4, 0.5) is 21.5 Å². The highest BCUT2D eigenvalue weighted by atomic mass is 35.5. The second-order valence-electron chi connectivity index (χ2n) is 7.19. The Morgan fingerprint density at radius 2 is 1.61 bits per heavy atom. The van der Waals surface area contributed by atoms with Gasteiger partial charge in [0.25, 0.3) is 17.7 Å². The van der Waals surface area contributed by atoms with E-state index < -0.39 is 23.5 Å². The van der Waals surface area contributed by atoms with Gasteiger partial charge in [-0.25, -0.2) is 9.29 Å². The summed E-state index contributed by atoms with van der Waals surface area (Å²) < 4.78 is 13.1. The molecule has 3 aromatic rings. The molecule has 1 aliphatic heterocycles. The number of nitrogens with one attached hydrogen (secondary N) is 2. The van der Waals surface area contributed by atoms with Crippen LogP contribution in [0, 0.1) is 12.7 Å². The van der Waals surface area contributed by atoms with Crippen LogP contribution < -0.4 is 15.5 Å². The van der Waals surface area contributed by atoms with E-state index >= 15 is 0 Å². The van der Waals surface area contributed by atoms with Gasteiger partial charge in [0.05, 0.1) is 5.69 Å². The predicted octanol–water partition coefficient (Wildman–Crippen LogP) is 5.48. The molecule has 0 spiro atoms. The first-order chi connectivity index (χ1) is 15.8. The average molecular weight is 484 g/mol. The maximum Gasteiger partial charge on any atom is 0.283 e. The SMILES string of the molecule is Cc1c(Cl)cccc1N1C(=O)C(Cl)=C(Nc2cccc(C(=O)Nc3ccc(F)cc3)c2)C1=O. The molecule has 2 N–H and O–H groups in total. The van der Waals surface area contributed by atoms with Crippen molar-refractivity contribution in [2.45, 2.75) is 6.92 Å². The van der Waals surface area contributed by atoms with E-state index in [0.29, 0.717) is 27.6 Å². The van der Waals surface area contributed by atoms with Crippen molar-refractivity contribution >= 4 is 58.0 Å². The maximum absolute atomic E-state index is 13.1. The van der Waals surface area contributed by atoms with Crippen molar-refractivity contribution < 1.29 is 18.8 Å². The first kappa shape index (κ1) is 22.5. The van der Waals surface area contributed by atoms with Crippen LogP contribution in [-0.4, -0.2) is 17.7 Å². The van der Waals surface area contributed by atoms with Gasteiger partial charge in [0, 0.05) is 22.0 Å². The fraction of sp³-hybridized carbons (Fsp3) is 0.0417. The monoisotopic (exact) mass is 483 g/mol. The first-order valence-corrected chi connectivity index (χ1v) is 10.5. The molecule has 0 aromatic heterocycles. The summed E-state index contributed by atoms with van der Waals surface area (Å²) in [4.78, 5) is 39.3. The quantitative estimate of drug-likeness (QED) is 0.471. The number of amides is 3. The molecule has 0 radical (unpaired) electrons. The van der Waals surface area contributed by atoms with Gasteiger partial charge in [0.2, 0.25) is 0 Å². The second-order valence-corrected chi connectivity index (χ2v) is 7.97. The van der Waals surface area contributed by atoms with Gasteiger partial charge in [-0.1, -0.05) is 35.3 Å². The zero-order chi connectivity index (χ0) is 23.7. The summed E-state index contributed by atoms with van der Waals surface area (Å²) in [5.41, 5.74) is 1.86. The molecule has 0 atom stereocenters. The fourth-order valence-electron chi connectivity index (χ4n) is 3.29. The third-order valence-corrected chi connectivity index (χ3v) is 5.76. The van der Waals surface area contributed by atoms with E-state index in [1.807, 2.05) is 0 Å². The van der Waals surface area contributed by atoms with Gasteiger partial charge >= 0.3 is 0 Å². The van der Waals surface area contributed by atoms with E-state index in [0.717, 1.165) is 4.90 Å². The zero-order valence-corrected chi connectivity index (χ0v) is 18.7. The zero-order valence-electron chi connectivity index (χ0n) is 17.2. The van der Waals surface area contributed by atoms with Crippen molar-refractivity contribution in [3.05, 3.63) is 99.4 Å². The molecule has 3 amide bonds.